The van der Waals surface area contributed by atoms with Gasteiger partial charge in [-0.15, -0.1) is 0 Å². The minimum Gasteiger partial charge on any atom is -0.258 e. The van der Waals surface area contributed by atoms with Crippen LogP contribution in [0, 0.1) is 10.1 Å². The van der Waals surface area contributed by atoms with E-state index >= 15 is 0 Å². The maximum Gasteiger partial charge on any atom is 0.283 e. The molecule has 0 radical (unpaired) electrons. The quantitative estimate of drug-likeness (QED) is 0.586. The number of nitrogens with zero attached hydrogens (tertiary/aromatic N) is 1. The van der Waals surface area contributed by atoms with Crippen molar-refractivity contribution in [3.05, 3.63) is 64.2 Å². The lowest BCUT2D eigenvalue weighted by Gasteiger charge is -2.19. The zero-order chi connectivity index (χ0) is 14.8. The van der Waals surface area contributed by atoms with E-state index < -0.39 is 0 Å². The topological polar surface area (TPSA) is 43.1 Å². The highest BCUT2D eigenvalue weighted by molar-refractivity contribution is 7.99. The monoisotopic (exact) mass is 287 g/mol. The van der Waals surface area contributed by atoms with Crippen molar-refractivity contribution in [1.29, 1.82) is 0 Å². The lowest BCUT2D eigenvalue weighted by Crippen LogP contribution is -2.10. The first-order valence-electron chi connectivity index (χ1n) is 6.40. The Morgan fingerprint density at radius 1 is 1.00 bits per heavy atom. The lowest BCUT2D eigenvalue weighted by molar-refractivity contribution is -0.387. The Labute approximate surface area is 123 Å². The second-order valence-electron chi connectivity index (χ2n) is 5.60. The largest absolute Gasteiger partial charge is 0.283 e. The molecule has 0 aliphatic rings. The molecule has 0 heterocycles. The van der Waals surface area contributed by atoms with Crippen LogP contribution in [-0.2, 0) is 5.41 Å². The predicted octanol–water partition coefficient (Wildman–Crippen LogP) is 5.04. The molecule has 0 fully saturated rings. The lowest BCUT2D eigenvalue weighted by atomic mass is 9.87. The zero-order valence-corrected chi connectivity index (χ0v) is 12.6. The van der Waals surface area contributed by atoms with Crippen LogP contribution in [0.1, 0.15) is 26.3 Å². The Balaban J connectivity index is 2.25. The first-order chi connectivity index (χ1) is 9.38. The summed E-state index contributed by atoms with van der Waals surface area (Å²) in [7, 11) is 0. The maximum absolute atomic E-state index is 11.0. The molecule has 104 valence electrons. The summed E-state index contributed by atoms with van der Waals surface area (Å²) in [5.74, 6) is 0. The maximum atomic E-state index is 11.0. The van der Waals surface area contributed by atoms with E-state index in [4.69, 9.17) is 0 Å². The number of para-hydroxylation sites is 1. The fourth-order valence-corrected chi connectivity index (χ4v) is 2.76. The van der Waals surface area contributed by atoms with Gasteiger partial charge in [0.05, 0.1) is 9.82 Å². The Hall–Kier alpha value is -1.81. The van der Waals surface area contributed by atoms with Crippen molar-refractivity contribution >= 4 is 17.4 Å². The standard InChI is InChI=1S/C16H17NO2S/c1-16(2,3)12-8-10-13(11-9-12)20-15-7-5-4-6-14(15)17(18)19/h4-11H,1-3H3. The molecule has 2 aromatic rings. The van der Waals surface area contributed by atoms with E-state index in [-0.39, 0.29) is 16.0 Å². The number of benzene rings is 2. The van der Waals surface area contributed by atoms with Gasteiger partial charge in [-0.25, -0.2) is 0 Å². The van der Waals surface area contributed by atoms with Crippen molar-refractivity contribution in [2.45, 2.75) is 36.0 Å². The molecule has 0 spiro atoms. The molecule has 0 unspecified atom stereocenters. The Kier molecular flexibility index (Phi) is 4.14. The molecule has 0 aromatic heterocycles. The van der Waals surface area contributed by atoms with Crippen molar-refractivity contribution < 1.29 is 4.92 Å². The van der Waals surface area contributed by atoms with E-state index in [1.165, 1.54) is 23.4 Å². The molecule has 0 atom stereocenters. The van der Waals surface area contributed by atoms with Crippen LogP contribution in [0.2, 0.25) is 0 Å². The third-order valence-electron chi connectivity index (χ3n) is 3.01. The minimum atomic E-state index is -0.341. The van der Waals surface area contributed by atoms with E-state index in [1.807, 2.05) is 18.2 Å². The highest BCUT2D eigenvalue weighted by atomic mass is 32.2. The molecule has 0 amide bonds. The average molecular weight is 287 g/mol. The van der Waals surface area contributed by atoms with Crippen LogP contribution >= 0.6 is 11.8 Å². The highest BCUT2D eigenvalue weighted by Crippen LogP contribution is 2.35. The third-order valence-corrected chi connectivity index (χ3v) is 4.08. The third kappa shape index (κ3) is 3.39. The van der Waals surface area contributed by atoms with Gasteiger partial charge in [0, 0.05) is 11.0 Å². The van der Waals surface area contributed by atoms with Crippen LogP contribution in [0.15, 0.2) is 58.3 Å². The Morgan fingerprint density at radius 3 is 2.15 bits per heavy atom. The van der Waals surface area contributed by atoms with Gasteiger partial charge in [-0.3, -0.25) is 10.1 Å². The van der Waals surface area contributed by atoms with E-state index in [1.54, 1.807) is 12.1 Å². The molecular formula is C16H17NO2S. The molecule has 20 heavy (non-hydrogen) atoms. The zero-order valence-electron chi connectivity index (χ0n) is 11.8. The molecule has 0 aliphatic heterocycles. The molecule has 2 aromatic carbocycles. The van der Waals surface area contributed by atoms with Gasteiger partial charge in [-0.05, 0) is 29.2 Å². The normalized spacial score (nSPS) is 11.3. The van der Waals surface area contributed by atoms with Crippen molar-refractivity contribution in [3.8, 4) is 0 Å². The van der Waals surface area contributed by atoms with E-state index in [9.17, 15) is 10.1 Å². The first kappa shape index (κ1) is 14.6. The SMILES string of the molecule is CC(C)(C)c1ccc(Sc2ccccc2[N+](=O)[O-])cc1. The number of hydrogen-bond acceptors (Lipinski definition) is 3. The van der Waals surface area contributed by atoms with E-state index in [2.05, 4.69) is 32.9 Å². The minimum absolute atomic E-state index is 0.113. The molecule has 0 saturated heterocycles. The second-order valence-corrected chi connectivity index (χ2v) is 6.72. The van der Waals surface area contributed by atoms with Crippen LogP contribution in [0.25, 0.3) is 0 Å². The van der Waals surface area contributed by atoms with Gasteiger partial charge in [0.2, 0.25) is 0 Å². The van der Waals surface area contributed by atoms with Crippen molar-refractivity contribution in [2.24, 2.45) is 0 Å². The molecule has 0 N–H and O–H groups in total. The summed E-state index contributed by atoms with van der Waals surface area (Å²) >= 11 is 1.42. The fraction of sp³-hybridized carbons (Fsp3) is 0.250. The van der Waals surface area contributed by atoms with Crippen LogP contribution < -0.4 is 0 Å². The van der Waals surface area contributed by atoms with Crippen LogP contribution in [0.5, 0.6) is 0 Å². The predicted molar refractivity (Wildman–Crippen MR) is 82.4 cm³/mol. The van der Waals surface area contributed by atoms with Crippen molar-refractivity contribution in [3.63, 3.8) is 0 Å². The molecule has 2 rings (SSSR count). The Bertz CT molecular complexity index is 615. The number of rotatable bonds is 3. The summed E-state index contributed by atoms with van der Waals surface area (Å²) in [6, 6.07) is 15.0. The van der Waals surface area contributed by atoms with Gasteiger partial charge in [0.25, 0.3) is 5.69 Å². The second kappa shape index (κ2) is 5.67. The summed E-state index contributed by atoms with van der Waals surface area (Å²) in [5, 5.41) is 11.0. The van der Waals surface area contributed by atoms with E-state index in [0.717, 1.165) is 4.90 Å². The number of nitro benzene ring substituents is 1. The Morgan fingerprint density at radius 2 is 1.60 bits per heavy atom. The average Bonchev–Trinajstić information content (AvgIpc) is 2.38. The fourth-order valence-electron chi connectivity index (χ4n) is 1.84. The van der Waals surface area contributed by atoms with Crippen LogP contribution in [0.4, 0.5) is 5.69 Å². The summed E-state index contributed by atoms with van der Waals surface area (Å²) in [4.78, 5) is 12.3. The van der Waals surface area contributed by atoms with Gasteiger partial charge in [-0.2, -0.15) is 0 Å². The molecule has 0 bridgehead atoms. The first-order valence-corrected chi connectivity index (χ1v) is 7.21. The summed E-state index contributed by atoms with van der Waals surface area (Å²) in [6.07, 6.45) is 0. The molecule has 0 saturated carbocycles. The van der Waals surface area contributed by atoms with Gasteiger partial charge >= 0.3 is 0 Å². The smallest absolute Gasteiger partial charge is 0.258 e. The molecular weight excluding hydrogens is 270 g/mol. The van der Waals surface area contributed by atoms with Crippen molar-refractivity contribution in [1.82, 2.24) is 0 Å². The molecule has 3 nitrogen and oxygen atoms in total. The van der Waals surface area contributed by atoms with Gasteiger partial charge < -0.3 is 0 Å². The molecule has 0 aliphatic carbocycles. The highest BCUT2D eigenvalue weighted by Gasteiger charge is 2.15. The van der Waals surface area contributed by atoms with Crippen LogP contribution in [-0.4, -0.2) is 4.92 Å². The molecule has 4 heteroatoms. The number of hydrogen-bond donors (Lipinski definition) is 0. The summed E-state index contributed by atoms with van der Waals surface area (Å²) in [5.41, 5.74) is 1.52. The van der Waals surface area contributed by atoms with Crippen LogP contribution in [0.3, 0.4) is 0 Å². The summed E-state index contributed by atoms with van der Waals surface area (Å²) in [6.45, 7) is 6.49. The van der Waals surface area contributed by atoms with Gasteiger partial charge in [0.1, 0.15) is 0 Å². The number of nitro groups is 1. The van der Waals surface area contributed by atoms with Gasteiger partial charge in [-0.1, -0.05) is 56.8 Å². The van der Waals surface area contributed by atoms with Gasteiger partial charge in [0.15, 0.2) is 0 Å². The van der Waals surface area contributed by atoms with Crippen molar-refractivity contribution in [2.75, 3.05) is 0 Å². The van der Waals surface area contributed by atoms with E-state index in [0.29, 0.717) is 4.90 Å². The summed E-state index contributed by atoms with van der Waals surface area (Å²) < 4.78 is 0.